The number of carbonyl (C=O) groups excluding carboxylic acids is 2. The normalized spacial score (nSPS) is 20.0. The first-order valence-corrected chi connectivity index (χ1v) is 8.07. The van der Waals surface area contributed by atoms with Crippen molar-refractivity contribution in [3.05, 3.63) is 0 Å². The summed E-state index contributed by atoms with van der Waals surface area (Å²) in [4.78, 5) is 25.8. The molecule has 1 atom stereocenters. The lowest BCUT2D eigenvalue weighted by Gasteiger charge is -2.34. The van der Waals surface area contributed by atoms with Crippen molar-refractivity contribution in [2.24, 2.45) is 11.3 Å². The maximum Gasteiger partial charge on any atom is 0.239 e. The molecule has 1 rings (SSSR count). The van der Waals surface area contributed by atoms with Crippen LogP contribution < -0.4 is 10.6 Å². The van der Waals surface area contributed by atoms with Gasteiger partial charge in [-0.25, -0.2) is 0 Å². The van der Waals surface area contributed by atoms with Gasteiger partial charge in [0.15, 0.2) is 0 Å². The van der Waals surface area contributed by atoms with Gasteiger partial charge in [-0.1, -0.05) is 34.6 Å². The van der Waals surface area contributed by atoms with E-state index in [1.165, 1.54) is 0 Å². The summed E-state index contributed by atoms with van der Waals surface area (Å²) in [6.45, 7) is 13.9. The van der Waals surface area contributed by atoms with Gasteiger partial charge in [0.2, 0.25) is 11.8 Å². The Morgan fingerprint density at radius 2 is 1.95 bits per heavy atom. The van der Waals surface area contributed by atoms with Gasteiger partial charge in [0.25, 0.3) is 0 Å². The average molecular weight is 313 g/mol. The molecule has 6 nitrogen and oxygen atoms in total. The Kier molecular flexibility index (Phi) is 7.29. The van der Waals surface area contributed by atoms with Crippen LogP contribution in [-0.4, -0.2) is 62.1 Å². The first kappa shape index (κ1) is 18.9. The molecule has 1 fully saturated rings. The van der Waals surface area contributed by atoms with Crippen LogP contribution in [0.1, 0.15) is 34.6 Å². The average Bonchev–Trinajstić information content (AvgIpc) is 2.41. The van der Waals surface area contributed by atoms with Crippen LogP contribution in [0.25, 0.3) is 0 Å². The molecule has 0 bridgehead atoms. The van der Waals surface area contributed by atoms with Crippen LogP contribution in [-0.2, 0) is 14.3 Å². The molecular weight excluding hydrogens is 282 g/mol. The highest BCUT2D eigenvalue weighted by Crippen LogP contribution is 2.12. The van der Waals surface area contributed by atoms with Crippen LogP contribution in [0.15, 0.2) is 0 Å². The van der Waals surface area contributed by atoms with Crippen molar-refractivity contribution in [1.29, 1.82) is 0 Å². The number of nitrogens with one attached hydrogen (secondary N) is 2. The minimum absolute atomic E-state index is 0.0124. The van der Waals surface area contributed by atoms with Crippen LogP contribution in [0.2, 0.25) is 0 Å². The van der Waals surface area contributed by atoms with Gasteiger partial charge in [-0.05, 0) is 5.92 Å². The Balaban J connectivity index is 2.25. The second-order valence-electron chi connectivity index (χ2n) is 7.38. The SMILES string of the molecule is CC(C)CN1CCOC(CNC(=O)CNC(=O)C(C)(C)C)C1. The monoisotopic (exact) mass is 313 g/mol. The lowest BCUT2D eigenvalue weighted by Crippen LogP contribution is -2.49. The highest BCUT2D eigenvalue weighted by molar-refractivity contribution is 5.87. The molecule has 0 aromatic heterocycles. The molecule has 22 heavy (non-hydrogen) atoms. The summed E-state index contributed by atoms with van der Waals surface area (Å²) in [6.07, 6.45) is 0.0229. The molecular formula is C16H31N3O3. The lowest BCUT2D eigenvalue weighted by atomic mass is 9.96. The van der Waals surface area contributed by atoms with E-state index < -0.39 is 5.41 Å². The minimum atomic E-state index is -0.482. The van der Waals surface area contributed by atoms with Crippen LogP contribution in [0.3, 0.4) is 0 Å². The van der Waals surface area contributed by atoms with E-state index in [4.69, 9.17) is 4.74 Å². The molecule has 2 N–H and O–H groups in total. The van der Waals surface area contributed by atoms with E-state index >= 15 is 0 Å². The summed E-state index contributed by atoms with van der Waals surface area (Å²) >= 11 is 0. The van der Waals surface area contributed by atoms with Gasteiger partial charge in [0, 0.05) is 31.6 Å². The van der Waals surface area contributed by atoms with Crippen LogP contribution in [0.5, 0.6) is 0 Å². The van der Waals surface area contributed by atoms with Gasteiger partial charge in [-0.3, -0.25) is 14.5 Å². The van der Waals surface area contributed by atoms with Crippen molar-refractivity contribution in [3.8, 4) is 0 Å². The zero-order valence-electron chi connectivity index (χ0n) is 14.6. The first-order valence-electron chi connectivity index (χ1n) is 8.07. The molecule has 1 unspecified atom stereocenters. The molecule has 0 aromatic rings. The van der Waals surface area contributed by atoms with Crippen molar-refractivity contribution < 1.29 is 14.3 Å². The van der Waals surface area contributed by atoms with E-state index in [9.17, 15) is 9.59 Å². The van der Waals surface area contributed by atoms with Gasteiger partial charge in [-0.15, -0.1) is 0 Å². The fourth-order valence-electron chi connectivity index (χ4n) is 2.30. The Morgan fingerprint density at radius 1 is 1.27 bits per heavy atom. The first-order chi connectivity index (χ1) is 10.2. The lowest BCUT2D eigenvalue weighted by molar-refractivity contribution is -0.131. The van der Waals surface area contributed by atoms with Crippen molar-refractivity contribution in [3.63, 3.8) is 0 Å². The third-order valence-corrected chi connectivity index (χ3v) is 3.46. The summed E-state index contributed by atoms with van der Waals surface area (Å²) in [6, 6.07) is 0. The number of carbonyl (C=O) groups is 2. The van der Waals surface area contributed by atoms with Crippen molar-refractivity contribution in [1.82, 2.24) is 15.5 Å². The zero-order valence-corrected chi connectivity index (χ0v) is 14.6. The highest BCUT2D eigenvalue weighted by Gasteiger charge is 2.23. The summed E-state index contributed by atoms with van der Waals surface area (Å²) in [5.41, 5.74) is -0.482. The van der Waals surface area contributed by atoms with Gasteiger partial charge in [0.1, 0.15) is 0 Å². The summed E-state index contributed by atoms with van der Waals surface area (Å²) in [5, 5.41) is 5.47. The van der Waals surface area contributed by atoms with Gasteiger partial charge in [-0.2, -0.15) is 0 Å². The third-order valence-electron chi connectivity index (χ3n) is 3.46. The quantitative estimate of drug-likeness (QED) is 0.754. The molecule has 0 aliphatic carbocycles. The summed E-state index contributed by atoms with van der Waals surface area (Å²) in [5.74, 6) is 0.322. The number of morpholine rings is 1. The number of nitrogens with zero attached hydrogens (tertiary/aromatic N) is 1. The van der Waals surface area contributed by atoms with E-state index in [0.29, 0.717) is 19.1 Å². The summed E-state index contributed by atoms with van der Waals surface area (Å²) < 4.78 is 5.68. The smallest absolute Gasteiger partial charge is 0.239 e. The molecule has 2 amide bonds. The predicted molar refractivity (Wildman–Crippen MR) is 86.5 cm³/mol. The standard InChI is InChI=1S/C16H31N3O3/c1-12(2)10-19-6-7-22-13(11-19)8-17-14(20)9-18-15(21)16(3,4)5/h12-13H,6-11H2,1-5H3,(H,17,20)(H,18,21). The molecule has 1 saturated heterocycles. The van der Waals surface area contributed by atoms with Crippen LogP contribution in [0.4, 0.5) is 0 Å². The topological polar surface area (TPSA) is 70.7 Å². The Labute approximate surface area is 134 Å². The molecule has 0 aromatic carbocycles. The van der Waals surface area contributed by atoms with Crippen LogP contribution >= 0.6 is 0 Å². The van der Waals surface area contributed by atoms with E-state index in [1.807, 2.05) is 20.8 Å². The van der Waals surface area contributed by atoms with E-state index in [2.05, 4.69) is 29.4 Å². The molecule has 0 saturated carbocycles. The van der Waals surface area contributed by atoms with Crippen molar-refractivity contribution >= 4 is 11.8 Å². The highest BCUT2D eigenvalue weighted by atomic mass is 16.5. The van der Waals surface area contributed by atoms with Crippen LogP contribution in [0, 0.1) is 11.3 Å². The number of ether oxygens (including phenoxy) is 1. The Hall–Kier alpha value is -1.14. The second-order valence-corrected chi connectivity index (χ2v) is 7.38. The maximum absolute atomic E-state index is 11.8. The van der Waals surface area contributed by atoms with E-state index in [-0.39, 0.29) is 24.5 Å². The number of amides is 2. The zero-order chi connectivity index (χ0) is 16.8. The molecule has 1 heterocycles. The fraction of sp³-hybridized carbons (Fsp3) is 0.875. The van der Waals surface area contributed by atoms with E-state index in [1.54, 1.807) is 0 Å². The minimum Gasteiger partial charge on any atom is -0.374 e. The Morgan fingerprint density at radius 3 is 2.55 bits per heavy atom. The molecule has 0 spiro atoms. The molecule has 1 aliphatic rings. The van der Waals surface area contributed by atoms with Crippen molar-refractivity contribution in [2.45, 2.75) is 40.7 Å². The summed E-state index contributed by atoms with van der Waals surface area (Å²) in [7, 11) is 0. The van der Waals surface area contributed by atoms with Gasteiger partial charge >= 0.3 is 0 Å². The molecule has 0 radical (unpaired) electrons. The second kappa shape index (κ2) is 8.48. The fourth-order valence-corrected chi connectivity index (χ4v) is 2.30. The molecule has 6 heteroatoms. The molecule has 1 aliphatic heterocycles. The number of hydrogen-bond acceptors (Lipinski definition) is 4. The van der Waals surface area contributed by atoms with E-state index in [0.717, 1.165) is 19.6 Å². The number of hydrogen-bond donors (Lipinski definition) is 2. The molecule has 128 valence electrons. The number of rotatable bonds is 6. The van der Waals surface area contributed by atoms with Gasteiger partial charge < -0.3 is 15.4 Å². The predicted octanol–water partition coefficient (Wildman–Crippen LogP) is 0.622. The van der Waals surface area contributed by atoms with Crippen molar-refractivity contribution in [2.75, 3.05) is 39.3 Å². The Bertz CT molecular complexity index is 377. The van der Waals surface area contributed by atoms with Gasteiger partial charge in [0.05, 0.1) is 19.3 Å². The largest absolute Gasteiger partial charge is 0.374 e. The third kappa shape index (κ3) is 7.22. The maximum atomic E-state index is 11.8.